The monoisotopic (exact) mass is 416 g/mol. The van der Waals surface area contributed by atoms with Crippen molar-refractivity contribution in [2.24, 2.45) is 5.92 Å². The van der Waals surface area contributed by atoms with Crippen LogP contribution in [0, 0.1) is 19.8 Å². The molecule has 3 rings (SSSR count). The van der Waals surface area contributed by atoms with Gasteiger partial charge in [-0.25, -0.2) is 4.79 Å². The van der Waals surface area contributed by atoms with Crippen molar-refractivity contribution in [2.45, 2.75) is 33.1 Å². The molecule has 1 aliphatic heterocycles. The Morgan fingerprint density at radius 2 is 1.87 bits per heavy atom. The van der Waals surface area contributed by atoms with Crippen LogP contribution < -0.4 is 10.9 Å². The summed E-state index contributed by atoms with van der Waals surface area (Å²) < 4.78 is 5.33. The van der Waals surface area contributed by atoms with Crippen LogP contribution >= 0.6 is 0 Å². The van der Waals surface area contributed by atoms with Gasteiger partial charge in [0.25, 0.3) is 0 Å². The fourth-order valence-corrected chi connectivity index (χ4v) is 3.82. The van der Waals surface area contributed by atoms with Crippen molar-refractivity contribution in [1.29, 1.82) is 0 Å². The first-order valence-corrected chi connectivity index (χ1v) is 9.70. The van der Waals surface area contributed by atoms with Crippen molar-refractivity contribution in [3.8, 4) is 5.75 Å². The minimum atomic E-state index is -1.11. The maximum atomic E-state index is 12.7. The van der Waals surface area contributed by atoms with Crippen molar-refractivity contribution in [3.63, 3.8) is 0 Å². The van der Waals surface area contributed by atoms with Crippen LogP contribution in [-0.2, 0) is 20.8 Å². The molecule has 160 valence electrons. The van der Waals surface area contributed by atoms with Crippen LogP contribution in [0.2, 0.25) is 0 Å². The summed E-state index contributed by atoms with van der Waals surface area (Å²) in [6.07, 6.45) is 0.679. The molecule has 0 radical (unpaired) electrons. The second kappa shape index (κ2) is 8.56. The summed E-state index contributed by atoms with van der Waals surface area (Å²) in [5.41, 5.74) is 1.13. The van der Waals surface area contributed by atoms with Gasteiger partial charge in [-0.05, 0) is 49.9 Å². The number of phenols is 1. The second-order valence-electron chi connectivity index (χ2n) is 7.59. The Hall–Kier alpha value is -3.36. The molecule has 9 heteroatoms. The average molecular weight is 416 g/mol. The van der Waals surface area contributed by atoms with E-state index in [1.54, 1.807) is 30.9 Å². The minimum absolute atomic E-state index is 0.00636. The Morgan fingerprint density at radius 1 is 1.20 bits per heavy atom. The third-order valence-electron chi connectivity index (χ3n) is 5.46. The predicted molar refractivity (Wildman–Crippen MR) is 107 cm³/mol. The highest BCUT2D eigenvalue weighted by atomic mass is 16.4. The predicted octanol–water partition coefficient (Wildman–Crippen LogP) is 1.10. The topological polar surface area (TPSA) is 137 Å². The average Bonchev–Trinajstić information content (AvgIpc) is 2.68. The molecule has 0 aliphatic carbocycles. The molecular formula is C21H24N2O7. The second-order valence-corrected chi connectivity index (χ2v) is 7.59. The molecule has 0 spiro atoms. The molecule has 2 heterocycles. The van der Waals surface area contributed by atoms with Gasteiger partial charge in [0, 0.05) is 19.0 Å². The fraction of sp³-hybridized carbons (Fsp3) is 0.429. The van der Waals surface area contributed by atoms with Crippen LogP contribution in [0.15, 0.2) is 21.3 Å². The quantitative estimate of drug-likeness (QED) is 0.621. The van der Waals surface area contributed by atoms with Crippen molar-refractivity contribution in [2.75, 3.05) is 19.6 Å². The summed E-state index contributed by atoms with van der Waals surface area (Å²) in [7, 11) is 0. The maximum absolute atomic E-state index is 12.7. The first kappa shape index (κ1) is 21.4. The number of hydrogen-bond acceptors (Lipinski definition) is 6. The van der Waals surface area contributed by atoms with E-state index in [-0.39, 0.29) is 41.0 Å². The van der Waals surface area contributed by atoms with Crippen LogP contribution in [-0.4, -0.2) is 52.5 Å². The molecule has 0 saturated carbocycles. The van der Waals surface area contributed by atoms with Crippen LogP contribution in [0.25, 0.3) is 11.0 Å². The molecular weight excluding hydrogens is 392 g/mol. The number of hydrogen-bond donors (Lipinski definition) is 3. The van der Waals surface area contributed by atoms with Gasteiger partial charge in [0.15, 0.2) is 0 Å². The molecule has 9 nitrogen and oxygen atoms in total. The highest BCUT2D eigenvalue weighted by molar-refractivity contribution is 5.89. The number of carbonyl (C=O) groups is 3. The number of aliphatic carboxylic acids is 1. The molecule has 1 saturated heterocycles. The van der Waals surface area contributed by atoms with Crippen molar-refractivity contribution in [3.05, 3.63) is 39.2 Å². The molecule has 0 bridgehead atoms. The van der Waals surface area contributed by atoms with E-state index in [2.05, 4.69) is 5.32 Å². The lowest BCUT2D eigenvalue weighted by Crippen LogP contribution is -2.44. The maximum Gasteiger partial charge on any atom is 0.340 e. The number of phenolic OH excluding ortho intramolecular Hbond substituents is 1. The number of nitrogens with one attached hydrogen (secondary N) is 1. The minimum Gasteiger partial charge on any atom is -0.507 e. The number of aryl methyl sites for hydroxylation is 2. The molecule has 3 N–H and O–H groups in total. The highest BCUT2D eigenvalue weighted by Crippen LogP contribution is 2.30. The van der Waals surface area contributed by atoms with E-state index in [0.29, 0.717) is 36.9 Å². The molecule has 1 aromatic carbocycles. The smallest absolute Gasteiger partial charge is 0.340 e. The number of carbonyl (C=O) groups excluding carboxylic acids is 2. The van der Waals surface area contributed by atoms with Gasteiger partial charge in [-0.15, -0.1) is 0 Å². The zero-order chi connectivity index (χ0) is 22.0. The van der Waals surface area contributed by atoms with Crippen LogP contribution in [0.5, 0.6) is 5.75 Å². The molecule has 1 fully saturated rings. The van der Waals surface area contributed by atoms with E-state index < -0.39 is 18.1 Å². The van der Waals surface area contributed by atoms with Crippen LogP contribution in [0.4, 0.5) is 0 Å². The summed E-state index contributed by atoms with van der Waals surface area (Å²) in [6.45, 7) is 3.70. The Bertz CT molecular complexity index is 1070. The molecule has 2 aromatic rings. The van der Waals surface area contributed by atoms with Gasteiger partial charge in [-0.1, -0.05) is 0 Å². The Labute approximate surface area is 172 Å². The van der Waals surface area contributed by atoms with Crippen LogP contribution in [0.1, 0.15) is 29.5 Å². The molecule has 2 amide bonds. The van der Waals surface area contributed by atoms with Gasteiger partial charge in [-0.2, -0.15) is 0 Å². The number of carboxylic acids is 1. The van der Waals surface area contributed by atoms with E-state index in [9.17, 15) is 24.3 Å². The summed E-state index contributed by atoms with van der Waals surface area (Å²) >= 11 is 0. The van der Waals surface area contributed by atoms with Crippen molar-refractivity contribution < 1.29 is 29.0 Å². The third kappa shape index (κ3) is 4.45. The van der Waals surface area contributed by atoms with E-state index in [1.165, 1.54) is 0 Å². The number of nitrogens with zero attached hydrogens (tertiary/aromatic N) is 1. The Kier molecular flexibility index (Phi) is 6.09. The number of fused-ring (bicyclic) bond motifs is 1. The zero-order valence-corrected chi connectivity index (χ0v) is 16.9. The largest absolute Gasteiger partial charge is 0.507 e. The van der Waals surface area contributed by atoms with Gasteiger partial charge >= 0.3 is 11.6 Å². The highest BCUT2D eigenvalue weighted by Gasteiger charge is 2.28. The lowest BCUT2D eigenvalue weighted by molar-refractivity contribution is -0.139. The molecule has 0 unspecified atom stereocenters. The van der Waals surface area contributed by atoms with Crippen LogP contribution in [0.3, 0.4) is 0 Å². The third-order valence-corrected chi connectivity index (χ3v) is 5.46. The number of piperidine rings is 1. The lowest BCUT2D eigenvalue weighted by Gasteiger charge is -2.31. The van der Waals surface area contributed by atoms with Gasteiger partial charge < -0.3 is 24.8 Å². The molecule has 1 aliphatic rings. The van der Waals surface area contributed by atoms with E-state index >= 15 is 0 Å². The SMILES string of the molecule is Cc1cc(O)c2c(C)c(CC(=O)N3CCC(C(=O)NCC(=O)O)CC3)c(=O)oc2c1. The normalized spacial score (nSPS) is 14.7. The lowest BCUT2D eigenvalue weighted by atomic mass is 9.95. The summed E-state index contributed by atoms with van der Waals surface area (Å²) in [6, 6.07) is 3.23. The van der Waals surface area contributed by atoms with Gasteiger partial charge in [0.05, 0.1) is 17.4 Å². The summed E-state index contributed by atoms with van der Waals surface area (Å²) in [4.78, 5) is 49.3. The molecule has 30 heavy (non-hydrogen) atoms. The number of aromatic hydroxyl groups is 1. The number of carboxylic acid groups (broad SMARTS) is 1. The van der Waals surface area contributed by atoms with E-state index in [0.717, 1.165) is 5.56 Å². The Balaban J connectivity index is 1.70. The first-order valence-electron chi connectivity index (χ1n) is 9.70. The van der Waals surface area contributed by atoms with Crippen molar-refractivity contribution >= 4 is 28.8 Å². The van der Waals surface area contributed by atoms with Gasteiger partial charge in [-0.3, -0.25) is 14.4 Å². The van der Waals surface area contributed by atoms with Gasteiger partial charge in [0.1, 0.15) is 17.9 Å². The number of likely N-dealkylation sites (tertiary alicyclic amines) is 1. The van der Waals surface area contributed by atoms with E-state index in [4.69, 9.17) is 9.52 Å². The number of rotatable bonds is 5. The summed E-state index contributed by atoms with van der Waals surface area (Å²) in [5.74, 6) is -2.06. The van der Waals surface area contributed by atoms with E-state index in [1.807, 2.05) is 0 Å². The Morgan fingerprint density at radius 3 is 2.50 bits per heavy atom. The van der Waals surface area contributed by atoms with Crippen molar-refractivity contribution in [1.82, 2.24) is 10.2 Å². The molecule has 1 aromatic heterocycles. The fourth-order valence-electron chi connectivity index (χ4n) is 3.82. The van der Waals surface area contributed by atoms with Gasteiger partial charge in [0.2, 0.25) is 11.8 Å². The standard InChI is InChI=1S/C21H24N2O7/c1-11-7-15(24)19-12(2)14(21(29)30-16(19)8-11)9-17(25)23-5-3-13(4-6-23)20(28)22-10-18(26)27/h7-8,13,24H,3-6,9-10H2,1-2H3,(H,22,28)(H,26,27). The first-order chi connectivity index (χ1) is 14.2. The molecule has 0 atom stereocenters. The zero-order valence-electron chi connectivity index (χ0n) is 16.9. The number of benzene rings is 1. The summed E-state index contributed by atoms with van der Waals surface area (Å²) in [5, 5.41) is 21.7. The number of amides is 2.